The summed E-state index contributed by atoms with van der Waals surface area (Å²) in [5.74, 6) is 1.01. The zero-order chi connectivity index (χ0) is 14.2. The van der Waals surface area contributed by atoms with E-state index in [4.69, 9.17) is 4.74 Å². The Balaban J connectivity index is 1.59. The van der Waals surface area contributed by atoms with Crippen molar-refractivity contribution in [2.75, 3.05) is 20.2 Å². The van der Waals surface area contributed by atoms with Gasteiger partial charge in [0.15, 0.2) is 0 Å². The molecule has 0 radical (unpaired) electrons. The molecule has 1 aromatic carbocycles. The number of hydrogen-bond donors (Lipinski definition) is 1. The van der Waals surface area contributed by atoms with E-state index in [2.05, 4.69) is 28.4 Å². The largest absolute Gasteiger partial charge is 0.497 e. The quantitative estimate of drug-likeness (QED) is 0.924. The monoisotopic (exact) mass is 286 g/mol. The molecule has 0 aromatic heterocycles. The van der Waals surface area contributed by atoms with Gasteiger partial charge in [-0.15, -0.1) is 0 Å². The highest BCUT2D eigenvalue weighted by atomic mass is 16.5. The Morgan fingerprint density at radius 2 is 2.14 bits per heavy atom. The first-order chi connectivity index (χ1) is 10.4. The van der Waals surface area contributed by atoms with Crippen molar-refractivity contribution in [3.05, 3.63) is 29.3 Å². The topological polar surface area (TPSA) is 24.5 Å². The fourth-order valence-corrected chi connectivity index (χ4v) is 4.70. The van der Waals surface area contributed by atoms with E-state index in [9.17, 15) is 0 Å². The predicted octanol–water partition coefficient (Wildman–Crippen LogP) is 2.90. The number of hydrogen-bond acceptors (Lipinski definition) is 3. The van der Waals surface area contributed by atoms with Crippen LogP contribution in [0.1, 0.15) is 49.3 Å². The Labute approximate surface area is 127 Å². The van der Waals surface area contributed by atoms with Crippen LogP contribution in [0.15, 0.2) is 18.2 Å². The Morgan fingerprint density at radius 1 is 1.19 bits per heavy atom. The van der Waals surface area contributed by atoms with Crippen LogP contribution in [0.5, 0.6) is 5.75 Å². The van der Waals surface area contributed by atoms with Crippen LogP contribution in [0, 0.1) is 0 Å². The number of likely N-dealkylation sites (tertiary alicyclic amines) is 1. The first-order valence-corrected chi connectivity index (χ1v) is 8.53. The maximum atomic E-state index is 5.45. The van der Waals surface area contributed by atoms with E-state index in [-0.39, 0.29) is 0 Å². The molecule has 3 heteroatoms. The van der Waals surface area contributed by atoms with Gasteiger partial charge in [0.05, 0.1) is 7.11 Å². The van der Waals surface area contributed by atoms with Gasteiger partial charge in [-0.3, -0.25) is 4.90 Å². The smallest absolute Gasteiger partial charge is 0.119 e. The highest BCUT2D eigenvalue weighted by Gasteiger charge is 2.39. The summed E-state index contributed by atoms with van der Waals surface area (Å²) in [5.41, 5.74) is 3.06. The van der Waals surface area contributed by atoms with Gasteiger partial charge in [-0.1, -0.05) is 6.07 Å². The van der Waals surface area contributed by atoms with E-state index in [1.165, 1.54) is 62.7 Å². The summed E-state index contributed by atoms with van der Waals surface area (Å²) < 4.78 is 5.45. The first kappa shape index (κ1) is 13.6. The van der Waals surface area contributed by atoms with E-state index >= 15 is 0 Å². The van der Waals surface area contributed by atoms with Crippen LogP contribution >= 0.6 is 0 Å². The number of aryl methyl sites for hydroxylation is 1. The maximum absolute atomic E-state index is 5.45. The molecule has 3 unspecified atom stereocenters. The number of ether oxygens (including phenoxy) is 1. The summed E-state index contributed by atoms with van der Waals surface area (Å²) in [7, 11) is 1.77. The van der Waals surface area contributed by atoms with Crippen molar-refractivity contribution in [1.29, 1.82) is 0 Å². The number of benzene rings is 1. The summed E-state index contributed by atoms with van der Waals surface area (Å²) in [6.07, 6.45) is 7.95. The minimum Gasteiger partial charge on any atom is -0.497 e. The lowest BCUT2D eigenvalue weighted by atomic mass is 10.0. The Bertz CT molecular complexity index is 510. The fourth-order valence-electron chi connectivity index (χ4n) is 4.70. The van der Waals surface area contributed by atoms with Crippen LogP contribution in [-0.2, 0) is 6.42 Å². The molecular weight excluding hydrogens is 260 g/mol. The van der Waals surface area contributed by atoms with Gasteiger partial charge in [0.2, 0.25) is 0 Å². The minimum atomic E-state index is 0.616. The molecular formula is C18H26N2O. The Kier molecular flexibility index (Phi) is 3.64. The van der Waals surface area contributed by atoms with Gasteiger partial charge in [0, 0.05) is 18.1 Å². The van der Waals surface area contributed by atoms with Crippen molar-refractivity contribution in [2.24, 2.45) is 0 Å². The molecule has 0 bridgehead atoms. The van der Waals surface area contributed by atoms with E-state index in [1.54, 1.807) is 7.11 Å². The molecule has 0 saturated carbocycles. The third-order valence-electron chi connectivity index (χ3n) is 5.70. The summed E-state index contributed by atoms with van der Waals surface area (Å²) in [4.78, 5) is 2.80. The highest BCUT2D eigenvalue weighted by molar-refractivity contribution is 5.41. The van der Waals surface area contributed by atoms with Gasteiger partial charge < -0.3 is 10.1 Å². The van der Waals surface area contributed by atoms with E-state index in [0.29, 0.717) is 6.04 Å². The van der Waals surface area contributed by atoms with Crippen LogP contribution in [0.2, 0.25) is 0 Å². The molecule has 2 heterocycles. The number of fused-ring (bicyclic) bond motifs is 1. The van der Waals surface area contributed by atoms with Crippen LogP contribution in [0.25, 0.3) is 0 Å². The molecule has 0 amide bonds. The summed E-state index contributed by atoms with van der Waals surface area (Å²) in [6, 6.07) is 8.75. The average molecular weight is 286 g/mol. The van der Waals surface area contributed by atoms with Gasteiger partial charge in [-0.05, 0) is 74.9 Å². The molecule has 2 aliphatic heterocycles. The number of nitrogens with zero attached hydrogens (tertiary/aromatic N) is 1. The number of methoxy groups -OCH3 is 1. The number of nitrogens with one attached hydrogen (secondary N) is 1. The summed E-state index contributed by atoms with van der Waals surface area (Å²) in [6.45, 7) is 2.48. The molecule has 21 heavy (non-hydrogen) atoms. The third kappa shape index (κ3) is 2.36. The lowest BCUT2D eigenvalue weighted by Crippen LogP contribution is -2.45. The Hall–Kier alpha value is -1.06. The van der Waals surface area contributed by atoms with Crippen LogP contribution in [-0.4, -0.2) is 37.2 Å². The number of rotatable bonds is 3. The highest BCUT2D eigenvalue weighted by Crippen LogP contribution is 2.42. The summed E-state index contributed by atoms with van der Waals surface area (Å²) in [5, 5.41) is 3.73. The molecule has 3 aliphatic rings. The molecule has 3 nitrogen and oxygen atoms in total. The molecule has 114 valence electrons. The molecule has 1 aromatic rings. The zero-order valence-electron chi connectivity index (χ0n) is 13.0. The minimum absolute atomic E-state index is 0.616. The lowest BCUT2D eigenvalue weighted by molar-refractivity contribution is 0.152. The second-order valence-corrected chi connectivity index (χ2v) is 6.77. The maximum Gasteiger partial charge on any atom is 0.119 e. The van der Waals surface area contributed by atoms with Crippen LogP contribution < -0.4 is 10.1 Å². The van der Waals surface area contributed by atoms with E-state index < -0.39 is 0 Å². The second kappa shape index (κ2) is 5.62. The molecule has 1 N–H and O–H groups in total. The third-order valence-corrected chi connectivity index (χ3v) is 5.70. The first-order valence-electron chi connectivity index (χ1n) is 8.53. The van der Waals surface area contributed by atoms with E-state index in [1.807, 2.05) is 0 Å². The van der Waals surface area contributed by atoms with Crippen molar-refractivity contribution in [1.82, 2.24) is 10.2 Å². The molecule has 4 rings (SSSR count). The van der Waals surface area contributed by atoms with Gasteiger partial charge in [-0.25, -0.2) is 0 Å². The standard InChI is InChI=1S/C18H26N2O/c1-21-14-8-6-13-7-9-17(15(13)12-14)20-11-3-5-18(20)16-4-2-10-19-16/h6,8,12,16-19H,2-5,7,9-11H2,1H3. The average Bonchev–Trinajstić information content (AvgIpc) is 3.24. The van der Waals surface area contributed by atoms with Crippen molar-refractivity contribution >= 4 is 0 Å². The van der Waals surface area contributed by atoms with Gasteiger partial charge in [-0.2, -0.15) is 0 Å². The van der Waals surface area contributed by atoms with Crippen molar-refractivity contribution < 1.29 is 4.74 Å². The predicted molar refractivity (Wildman–Crippen MR) is 84.8 cm³/mol. The normalized spacial score (nSPS) is 32.5. The SMILES string of the molecule is COc1ccc2c(c1)C(N1CCCC1C1CCCN1)CC2. The molecule has 3 atom stereocenters. The zero-order valence-corrected chi connectivity index (χ0v) is 13.0. The molecule has 1 aliphatic carbocycles. The Morgan fingerprint density at radius 3 is 2.95 bits per heavy atom. The molecule has 2 saturated heterocycles. The second-order valence-electron chi connectivity index (χ2n) is 6.77. The van der Waals surface area contributed by atoms with Gasteiger partial charge in [0.1, 0.15) is 5.75 Å². The van der Waals surface area contributed by atoms with Crippen molar-refractivity contribution in [3.8, 4) is 5.75 Å². The van der Waals surface area contributed by atoms with Gasteiger partial charge in [0.25, 0.3) is 0 Å². The van der Waals surface area contributed by atoms with Crippen LogP contribution in [0.4, 0.5) is 0 Å². The lowest BCUT2D eigenvalue weighted by Gasteiger charge is -2.34. The molecule has 0 spiro atoms. The van der Waals surface area contributed by atoms with Crippen LogP contribution in [0.3, 0.4) is 0 Å². The summed E-state index contributed by atoms with van der Waals surface area (Å²) >= 11 is 0. The fraction of sp³-hybridized carbons (Fsp3) is 0.667. The van der Waals surface area contributed by atoms with Gasteiger partial charge >= 0.3 is 0 Å². The van der Waals surface area contributed by atoms with E-state index in [0.717, 1.165) is 17.8 Å². The van der Waals surface area contributed by atoms with Crippen molar-refractivity contribution in [3.63, 3.8) is 0 Å². The van der Waals surface area contributed by atoms with Crippen molar-refractivity contribution in [2.45, 2.75) is 56.7 Å². The molecule has 2 fully saturated rings.